The maximum Gasteiger partial charge on any atom is 0.265 e. The van der Waals surface area contributed by atoms with Crippen LogP contribution in [0.5, 0.6) is 17.2 Å². The number of methoxy groups -OCH3 is 3. The zero-order chi connectivity index (χ0) is 33.1. The zero-order valence-electron chi connectivity index (χ0n) is 26.6. The van der Waals surface area contributed by atoms with Crippen LogP contribution in [0.15, 0.2) is 71.6 Å². The number of anilines is 1. The number of carbonyl (C=O) groups excluding carboxylic acids is 2. The van der Waals surface area contributed by atoms with E-state index in [0.29, 0.717) is 25.0 Å². The largest absolute Gasteiger partial charge is 0.495 e. The van der Waals surface area contributed by atoms with E-state index in [9.17, 15) is 18.0 Å². The Morgan fingerprint density at radius 2 is 1.51 bits per heavy atom. The van der Waals surface area contributed by atoms with E-state index in [1.807, 2.05) is 51.1 Å². The topological polar surface area (TPSA) is 114 Å². The number of benzene rings is 3. The normalized spacial score (nSPS) is 12.5. The molecule has 0 aromatic heterocycles. The Morgan fingerprint density at radius 3 is 2.11 bits per heavy atom. The van der Waals surface area contributed by atoms with Crippen LogP contribution in [0.25, 0.3) is 0 Å². The Kier molecular flexibility index (Phi) is 12.9. The lowest BCUT2D eigenvalue weighted by molar-refractivity contribution is -0.139. The van der Waals surface area contributed by atoms with Gasteiger partial charge in [0, 0.05) is 23.7 Å². The summed E-state index contributed by atoms with van der Waals surface area (Å²) in [5, 5.41) is 3.22. The molecule has 3 aromatic carbocycles. The minimum Gasteiger partial charge on any atom is -0.495 e. The predicted molar refractivity (Wildman–Crippen MR) is 176 cm³/mol. The van der Waals surface area contributed by atoms with Gasteiger partial charge in [0.1, 0.15) is 18.3 Å². The monoisotopic (exact) mass is 659 g/mol. The number of sulfonamides is 1. The highest BCUT2D eigenvalue weighted by Gasteiger charge is 2.35. The summed E-state index contributed by atoms with van der Waals surface area (Å²) in [6.07, 6.45) is 1.50. The minimum atomic E-state index is -4.42. The van der Waals surface area contributed by atoms with Crippen molar-refractivity contribution < 1.29 is 32.2 Å². The second-order valence-corrected chi connectivity index (χ2v) is 12.7. The average Bonchev–Trinajstić information content (AvgIpc) is 3.05. The molecule has 0 saturated carbocycles. The molecule has 0 bridgehead atoms. The Balaban J connectivity index is 2.13. The van der Waals surface area contributed by atoms with Crippen molar-refractivity contribution in [3.05, 3.63) is 77.3 Å². The smallest absolute Gasteiger partial charge is 0.265 e. The van der Waals surface area contributed by atoms with E-state index in [1.165, 1.54) is 56.6 Å². The Morgan fingerprint density at radius 1 is 0.867 bits per heavy atom. The van der Waals surface area contributed by atoms with E-state index >= 15 is 0 Å². The summed E-state index contributed by atoms with van der Waals surface area (Å²) in [7, 11) is -0.182. The summed E-state index contributed by atoms with van der Waals surface area (Å²) in [4.78, 5) is 29.1. The minimum absolute atomic E-state index is 0.0632. The van der Waals surface area contributed by atoms with Gasteiger partial charge in [0.15, 0.2) is 11.5 Å². The molecule has 45 heavy (non-hydrogen) atoms. The molecule has 12 heteroatoms. The van der Waals surface area contributed by atoms with Crippen LogP contribution in [0, 0.1) is 0 Å². The molecule has 0 unspecified atom stereocenters. The van der Waals surface area contributed by atoms with Crippen LogP contribution >= 0.6 is 11.6 Å². The predicted octanol–water partition coefficient (Wildman–Crippen LogP) is 5.33. The van der Waals surface area contributed by atoms with Gasteiger partial charge >= 0.3 is 0 Å². The van der Waals surface area contributed by atoms with Crippen LogP contribution in [0.4, 0.5) is 5.69 Å². The van der Waals surface area contributed by atoms with Crippen LogP contribution in [-0.2, 0) is 26.0 Å². The SMILES string of the molecule is CC[C@@H](C)NC(=O)[C@@H](CC)N(CCc1ccccc1)C(=O)CN(c1cc(Cl)ccc1OC)S(=O)(=O)c1ccc(OC)c(OC)c1. The fourth-order valence-corrected chi connectivity index (χ4v) is 6.41. The number of carbonyl (C=O) groups is 2. The number of rotatable bonds is 16. The van der Waals surface area contributed by atoms with Gasteiger partial charge in [-0.1, -0.05) is 55.8 Å². The maximum atomic E-state index is 14.4. The van der Waals surface area contributed by atoms with E-state index < -0.39 is 28.5 Å². The molecule has 3 rings (SSSR count). The number of nitrogens with one attached hydrogen (secondary N) is 1. The van der Waals surface area contributed by atoms with E-state index in [2.05, 4.69) is 5.32 Å². The molecule has 0 radical (unpaired) electrons. The lowest BCUT2D eigenvalue weighted by Crippen LogP contribution is -2.54. The molecule has 244 valence electrons. The van der Waals surface area contributed by atoms with Gasteiger partial charge in [-0.3, -0.25) is 13.9 Å². The number of nitrogens with zero attached hydrogens (tertiary/aromatic N) is 2. The maximum absolute atomic E-state index is 14.4. The second kappa shape index (κ2) is 16.4. The van der Waals surface area contributed by atoms with Crippen LogP contribution in [0.2, 0.25) is 5.02 Å². The number of halogens is 1. The van der Waals surface area contributed by atoms with Gasteiger partial charge < -0.3 is 24.4 Å². The summed E-state index contributed by atoms with van der Waals surface area (Å²) < 4.78 is 45.8. The number of hydrogen-bond acceptors (Lipinski definition) is 7. The molecule has 0 spiro atoms. The Labute approximate surface area is 271 Å². The number of amides is 2. The molecule has 0 heterocycles. The third-order valence-electron chi connectivity index (χ3n) is 7.50. The molecule has 0 saturated heterocycles. The highest BCUT2D eigenvalue weighted by Crippen LogP contribution is 2.37. The third kappa shape index (κ3) is 8.82. The van der Waals surface area contributed by atoms with Crippen molar-refractivity contribution in [2.45, 2.75) is 57.0 Å². The third-order valence-corrected chi connectivity index (χ3v) is 9.49. The molecule has 3 aromatic rings. The first kappa shape index (κ1) is 35.5. The fourth-order valence-electron chi connectivity index (χ4n) is 4.81. The Hall–Kier alpha value is -3.96. The molecular weight excluding hydrogens is 618 g/mol. The molecule has 0 fully saturated rings. The van der Waals surface area contributed by atoms with Gasteiger partial charge in [0.25, 0.3) is 10.0 Å². The van der Waals surface area contributed by atoms with Crippen molar-refractivity contribution in [3.8, 4) is 17.2 Å². The summed E-state index contributed by atoms with van der Waals surface area (Å²) in [5.74, 6) is -0.149. The summed E-state index contributed by atoms with van der Waals surface area (Å²) in [5.41, 5.74) is 1.03. The number of hydrogen-bond donors (Lipinski definition) is 1. The van der Waals surface area contributed by atoms with Crippen molar-refractivity contribution in [2.75, 3.05) is 38.7 Å². The Bertz CT molecular complexity index is 1550. The first-order valence-corrected chi connectivity index (χ1v) is 16.5. The molecule has 0 aliphatic heterocycles. The van der Waals surface area contributed by atoms with Crippen molar-refractivity contribution in [1.82, 2.24) is 10.2 Å². The highest BCUT2D eigenvalue weighted by atomic mass is 35.5. The average molecular weight is 660 g/mol. The van der Waals surface area contributed by atoms with Gasteiger partial charge in [-0.15, -0.1) is 0 Å². The van der Waals surface area contributed by atoms with Crippen LogP contribution < -0.4 is 23.8 Å². The number of ether oxygens (including phenoxy) is 3. The van der Waals surface area contributed by atoms with Gasteiger partial charge in [-0.05, 0) is 62.1 Å². The molecule has 10 nitrogen and oxygen atoms in total. The zero-order valence-corrected chi connectivity index (χ0v) is 28.2. The van der Waals surface area contributed by atoms with E-state index in [4.69, 9.17) is 25.8 Å². The molecule has 1 N–H and O–H groups in total. The fraction of sp³-hybridized carbons (Fsp3) is 0.394. The van der Waals surface area contributed by atoms with Gasteiger partial charge in [0.05, 0.1) is 31.9 Å². The van der Waals surface area contributed by atoms with Crippen molar-refractivity contribution in [1.29, 1.82) is 0 Å². The van der Waals surface area contributed by atoms with Crippen molar-refractivity contribution >= 4 is 39.1 Å². The second-order valence-electron chi connectivity index (χ2n) is 10.4. The first-order chi connectivity index (χ1) is 21.5. The molecular formula is C33H42ClN3O7S. The van der Waals surface area contributed by atoms with Crippen molar-refractivity contribution in [3.63, 3.8) is 0 Å². The van der Waals surface area contributed by atoms with Gasteiger partial charge in [-0.25, -0.2) is 8.42 Å². The van der Waals surface area contributed by atoms with Crippen LogP contribution in [0.3, 0.4) is 0 Å². The lowest BCUT2D eigenvalue weighted by Gasteiger charge is -2.34. The standard InChI is InChI=1S/C33H42ClN3O7S/c1-7-23(3)35-33(39)27(8-2)36(19-18-24-12-10-9-11-13-24)32(38)22-37(28-20-25(34)14-16-29(28)42-4)45(40,41)26-15-17-30(43-5)31(21-26)44-6/h9-17,20-21,23,27H,7-8,18-19,22H2,1-6H3,(H,35,39)/t23-,27-/m1/s1. The van der Waals surface area contributed by atoms with Crippen molar-refractivity contribution in [2.24, 2.45) is 0 Å². The van der Waals surface area contributed by atoms with Gasteiger partial charge in [-0.2, -0.15) is 0 Å². The summed E-state index contributed by atoms with van der Waals surface area (Å²) in [6, 6.07) is 17.3. The summed E-state index contributed by atoms with van der Waals surface area (Å²) >= 11 is 6.33. The van der Waals surface area contributed by atoms with E-state index in [1.54, 1.807) is 6.07 Å². The summed E-state index contributed by atoms with van der Waals surface area (Å²) in [6.45, 7) is 5.23. The van der Waals surface area contributed by atoms with Gasteiger partial charge in [0.2, 0.25) is 11.8 Å². The van der Waals surface area contributed by atoms with E-state index in [-0.39, 0.29) is 45.6 Å². The molecule has 2 amide bonds. The van der Waals surface area contributed by atoms with Crippen LogP contribution in [0.1, 0.15) is 39.2 Å². The van der Waals surface area contributed by atoms with Crippen LogP contribution in [-0.4, -0.2) is 71.6 Å². The lowest BCUT2D eigenvalue weighted by atomic mass is 10.1. The molecule has 0 aliphatic rings. The first-order valence-electron chi connectivity index (χ1n) is 14.7. The molecule has 0 aliphatic carbocycles. The quantitative estimate of drug-likeness (QED) is 0.221. The highest BCUT2D eigenvalue weighted by molar-refractivity contribution is 7.92. The van der Waals surface area contributed by atoms with E-state index in [0.717, 1.165) is 9.87 Å². The molecule has 2 atom stereocenters.